The number of benzene rings is 1. The molecular weight excluding hydrogens is 160 g/mol. The topological polar surface area (TPSA) is 47.9 Å². The van der Waals surface area contributed by atoms with Crippen molar-refractivity contribution in [2.75, 3.05) is 13.9 Å². The molecule has 1 aromatic rings. The molecule has 64 valence electrons. The minimum absolute atomic E-state index is 0.0572. The van der Waals surface area contributed by atoms with Gasteiger partial charge in [-0.3, -0.25) is 0 Å². The molecule has 1 N–H and O–H groups in total. The number of rotatable bonds is 1. The molecule has 1 aromatic carbocycles. The van der Waals surface area contributed by atoms with Gasteiger partial charge in [0.15, 0.2) is 23.0 Å². The Balaban J connectivity index is 2.49. The predicted molar refractivity (Wildman–Crippen MR) is 40.8 cm³/mol. The molecule has 1 heterocycles. The number of hydrogen-bond acceptors (Lipinski definition) is 4. The fourth-order valence-electron chi connectivity index (χ4n) is 1.08. The molecule has 1 aliphatic rings. The molecule has 12 heavy (non-hydrogen) atoms. The summed E-state index contributed by atoms with van der Waals surface area (Å²) < 4.78 is 15.0. The second kappa shape index (κ2) is 2.48. The number of phenolic OH excluding ortho intramolecular Hbond substituents is 1. The van der Waals surface area contributed by atoms with Gasteiger partial charge in [0.1, 0.15) is 0 Å². The molecule has 2 rings (SSSR count). The molecule has 0 amide bonds. The Kier molecular flexibility index (Phi) is 1.46. The van der Waals surface area contributed by atoms with Gasteiger partial charge in [-0.05, 0) is 0 Å². The van der Waals surface area contributed by atoms with Crippen LogP contribution in [0.5, 0.6) is 23.0 Å². The van der Waals surface area contributed by atoms with Gasteiger partial charge in [0.05, 0.1) is 7.11 Å². The third kappa shape index (κ3) is 0.922. The van der Waals surface area contributed by atoms with Crippen LogP contribution in [-0.4, -0.2) is 19.0 Å². The maximum atomic E-state index is 9.31. The lowest BCUT2D eigenvalue weighted by atomic mass is 10.3. The Hall–Kier alpha value is -1.58. The van der Waals surface area contributed by atoms with Crippen molar-refractivity contribution in [1.29, 1.82) is 0 Å². The van der Waals surface area contributed by atoms with Crippen LogP contribution in [0.2, 0.25) is 0 Å². The van der Waals surface area contributed by atoms with E-state index in [4.69, 9.17) is 14.2 Å². The zero-order chi connectivity index (χ0) is 8.55. The van der Waals surface area contributed by atoms with E-state index < -0.39 is 0 Å². The highest BCUT2D eigenvalue weighted by atomic mass is 16.7. The van der Waals surface area contributed by atoms with Gasteiger partial charge in [0, 0.05) is 12.1 Å². The van der Waals surface area contributed by atoms with E-state index in [0.717, 1.165) is 0 Å². The Morgan fingerprint density at radius 2 is 2.00 bits per heavy atom. The summed E-state index contributed by atoms with van der Waals surface area (Å²) in [5, 5.41) is 9.31. The standard InChI is InChI=1S/C8H8O4/c1-10-6-3-8-7(2-5(6)9)11-4-12-8/h2-3,9H,4H2,1H3. The monoisotopic (exact) mass is 168 g/mol. The maximum Gasteiger partial charge on any atom is 0.231 e. The highest BCUT2D eigenvalue weighted by molar-refractivity contribution is 5.54. The van der Waals surface area contributed by atoms with Crippen molar-refractivity contribution >= 4 is 0 Å². The number of aromatic hydroxyl groups is 1. The van der Waals surface area contributed by atoms with Crippen LogP contribution in [0.15, 0.2) is 12.1 Å². The fraction of sp³-hybridized carbons (Fsp3) is 0.250. The van der Waals surface area contributed by atoms with E-state index >= 15 is 0 Å². The summed E-state index contributed by atoms with van der Waals surface area (Å²) in [6.07, 6.45) is 0. The van der Waals surface area contributed by atoms with Crippen LogP contribution in [0, 0.1) is 0 Å². The third-order valence-corrected chi connectivity index (χ3v) is 1.67. The molecule has 0 saturated carbocycles. The summed E-state index contributed by atoms with van der Waals surface area (Å²) in [7, 11) is 1.48. The van der Waals surface area contributed by atoms with Gasteiger partial charge in [-0.2, -0.15) is 0 Å². The first-order chi connectivity index (χ1) is 5.81. The summed E-state index contributed by atoms with van der Waals surface area (Å²) in [5.74, 6) is 1.60. The lowest BCUT2D eigenvalue weighted by molar-refractivity contribution is 0.173. The summed E-state index contributed by atoms with van der Waals surface area (Å²) in [6, 6.07) is 3.07. The van der Waals surface area contributed by atoms with Gasteiger partial charge in [0.2, 0.25) is 6.79 Å². The lowest BCUT2D eigenvalue weighted by Gasteiger charge is -2.03. The third-order valence-electron chi connectivity index (χ3n) is 1.67. The normalized spacial score (nSPS) is 13.1. The fourth-order valence-corrected chi connectivity index (χ4v) is 1.08. The van der Waals surface area contributed by atoms with Gasteiger partial charge in [-0.25, -0.2) is 0 Å². The first kappa shape index (κ1) is 7.09. The van der Waals surface area contributed by atoms with E-state index in [0.29, 0.717) is 17.2 Å². The van der Waals surface area contributed by atoms with E-state index in [1.165, 1.54) is 13.2 Å². The van der Waals surface area contributed by atoms with Gasteiger partial charge < -0.3 is 19.3 Å². The summed E-state index contributed by atoms with van der Waals surface area (Å²) in [6.45, 7) is 0.196. The number of fused-ring (bicyclic) bond motifs is 1. The smallest absolute Gasteiger partial charge is 0.231 e. The number of hydrogen-bond donors (Lipinski definition) is 1. The SMILES string of the molecule is COc1cc2c(cc1O)OCO2. The van der Waals surface area contributed by atoms with Gasteiger partial charge in [-0.15, -0.1) is 0 Å². The van der Waals surface area contributed by atoms with Crippen molar-refractivity contribution < 1.29 is 19.3 Å². The van der Waals surface area contributed by atoms with Crippen LogP contribution in [0.4, 0.5) is 0 Å². The molecular formula is C8H8O4. The van der Waals surface area contributed by atoms with E-state index in [9.17, 15) is 5.11 Å². The van der Waals surface area contributed by atoms with Crippen molar-refractivity contribution in [3.05, 3.63) is 12.1 Å². The van der Waals surface area contributed by atoms with Crippen molar-refractivity contribution in [1.82, 2.24) is 0 Å². The van der Waals surface area contributed by atoms with Crippen molar-refractivity contribution in [2.24, 2.45) is 0 Å². The molecule has 1 aliphatic heterocycles. The van der Waals surface area contributed by atoms with E-state index in [1.54, 1.807) is 6.07 Å². The Labute approximate surface area is 69.3 Å². The van der Waals surface area contributed by atoms with Gasteiger partial charge >= 0.3 is 0 Å². The molecule has 0 spiro atoms. The predicted octanol–water partition coefficient (Wildman–Crippen LogP) is 1.13. The van der Waals surface area contributed by atoms with E-state index in [1.807, 2.05) is 0 Å². The molecule has 0 aliphatic carbocycles. The Morgan fingerprint density at radius 1 is 1.33 bits per heavy atom. The van der Waals surface area contributed by atoms with Crippen LogP contribution in [0.1, 0.15) is 0 Å². The molecule has 0 aromatic heterocycles. The number of phenols is 1. The molecule has 4 heteroatoms. The van der Waals surface area contributed by atoms with E-state index in [2.05, 4.69) is 0 Å². The van der Waals surface area contributed by atoms with Crippen molar-refractivity contribution in [3.8, 4) is 23.0 Å². The first-order valence-corrected chi connectivity index (χ1v) is 3.48. The lowest BCUT2D eigenvalue weighted by Crippen LogP contribution is -1.92. The Bertz CT molecular complexity index is 307. The summed E-state index contributed by atoms with van der Waals surface area (Å²) in [5.41, 5.74) is 0. The van der Waals surface area contributed by atoms with Gasteiger partial charge in [-0.1, -0.05) is 0 Å². The average molecular weight is 168 g/mol. The summed E-state index contributed by atoms with van der Waals surface area (Å²) >= 11 is 0. The van der Waals surface area contributed by atoms with E-state index in [-0.39, 0.29) is 12.5 Å². The maximum absolute atomic E-state index is 9.31. The minimum atomic E-state index is 0.0572. The highest BCUT2D eigenvalue weighted by Crippen LogP contribution is 2.41. The second-order valence-electron chi connectivity index (χ2n) is 2.38. The molecule has 0 fully saturated rings. The summed E-state index contributed by atoms with van der Waals surface area (Å²) in [4.78, 5) is 0. The molecule has 4 nitrogen and oxygen atoms in total. The number of methoxy groups -OCH3 is 1. The van der Waals surface area contributed by atoms with Crippen molar-refractivity contribution in [3.63, 3.8) is 0 Å². The zero-order valence-corrected chi connectivity index (χ0v) is 6.53. The molecule has 0 saturated heterocycles. The molecule has 0 bridgehead atoms. The van der Waals surface area contributed by atoms with Crippen LogP contribution < -0.4 is 14.2 Å². The quantitative estimate of drug-likeness (QED) is 0.682. The van der Waals surface area contributed by atoms with Crippen LogP contribution in [0.25, 0.3) is 0 Å². The minimum Gasteiger partial charge on any atom is -0.504 e. The van der Waals surface area contributed by atoms with Crippen LogP contribution in [-0.2, 0) is 0 Å². The average Bonchev–Trinajstić information content (AvgIpc) is 2.49. The molecule has 0 unspecified atom stereocenters. The Morgan fingerprint density at radius 3 is 2.67 bits per heavy atom. The molecule has 0 atom stereocenters. The first-order valence-electron chi connectivity index (χ1n) is 3.48. The largest absolute Gasteiger partial charge is 0.504 e. The zero-order valence-electron chi connectivity index (χ0n) is 6.53. The van der Waals surface area contributed by atoms with Crippen LogP contribution in [0.3, 0.4) is 0 Å². The van der Waals surface area contributed by atoms with Crippen molar-refractivity contribution in [2.45, 2.75) is 0 Å². The van der Waals surface area contributed by atoms with Crippen LogP contribution >= 0.6 is 0 Å². The number of ether oxygens (including phenoxy) is 3. The second-order valence-corrected chi connectivity index (χ2v) is 2.38. The molecule has 0 radical (unpaired) electrons. The van der Waals surface area contributed by atoms with Gasteiger partial charge in [0.25, 0.3) is 0 Å². The highest BCUT2D eigenvalue weighted by Gasteiger charge is 2.16.